The second-order valence-corrected chi connectivity index (χ2v) is 5.13. The van der Waals surface area contributed by atoms with Gasteiger partial charge in [0.05, 0.1) is 6.10 Å². The van der Waals surface area contributed by atoms with E-state index in [4.69, 9.17) is 22.1 Å². The minimum absolute atomic E-state index is 0.323. The van der Waals surface area contributed by atoms with Gasteiger partial charge in [-0.05, 0) is 43.5 Å². The van der Waals surface area contributed by atoms with Crippen LogP contribution in [0.4, 0.5) is 5.69 Å². The molecule has 1 aliphatic heterocycles. The number of rotatable bonds is 4. The molecule has 2 rings (SSSR count). The average molecular weight is 269 g/mol. The van der Waals surface area contributed by atoms with Crippen LogP contribution in [0, 0.1) is 0 Å². The molecule has 1 aromatic rings. The van der Waals surface area contributed by atoms with Gasteiger partial charge in [0, 0.05) is 30.9 Å². The Labute approximate surface area is 114 Å². The highest BCUT2D eigenvalue weighted by molar-refractivity contribution is 6.31. The van der Waals surface area contributed by atoms with E-state index in [0.29, 0.717) is 12.6 Å². The lowest BCUT2D eigenvalue weighted by molar-refractivity contribution is 0.0893. The van der Waals surface area contributed by atoms with Crippen LogP contribution in [-0.2, 0) is 11.2 Å². The number of anilines is 1. The summed E-state index contributed by atoms with van der Waals surface area (Å²) in [4.78, 5) is 2.37. The molecule has 1 saturated heterocycles. The van der Waals surface area contributed by atoms with Crippen LogP contribution < -0.4 is 10.6 Å². The van der Waals surface area contributed by atoms with Gasteiger partial charge in [-0.1, -0.05) is 17.7 Å². The van der Waals surface area contributed by atoms with Crippen molar-refractivity contribution >= 4 is 17.3 Å². The molecule has 0 aromatic heterocycles. The molecule has 1 atom stereocenters. The zero-order valence-electron chi connectivity index (χ0n) is 10.9. The number of nitrogens with zero attached hydrogens (tertiary/aromatic N) is 1. The first-order chi connectivity index (χ1) is 8.76. The molecule has 18 heavy (non-hydrogen) atoms. The molecule has 4 heteroatoms. The van der Waals surface area contributed by atoms with Crippen LogP contribution in [0.3, 0.4) is 0 Å². The predicted octanol–water partition coefficient (Wildman–Crippen LogP) is 2.46. The molecule has 0 aliphatic carbocycles. The van der Waals surface area contributed by atoms with Gasteiger partial charge in [-0.25, -0.2) is 0 Å². The van der Waals surface area contributed by atoms with E-state index in [1.807, 2.05) is 12.1 Å². The highest BCUT2D eigenvalue weighted by Gasteiger charge is 2.21. The van der Waals surface area contributed by atoms with Crippen LogP contribution >= 0.6 is 11.6 Å². The first-order valence-corrected chi connectivity index (χ1v) is 6.89. The molecule has 0 bridgehead atoms. The number of benzene rings is 1. The quantitative estimate of drug-likeness (QED) is 0.912. The second kappa shape index (κ2) is 6.41. The Morgan fingerprint density at radius 2 is 2.33 bits per heavy atom. The number of halogens is 1. The molecule has 2 N–H and O–H groups in total. The summed E-state index contributed by atoms with van der Waals surface area (Å²) in [6.45, 7) is 2.63. The van der Waals surface area contributed by atoms with E-state index < -0.39 is 0 Å². The lowest BCUT2D eigenvalue weighted by Gasteiger charge is -2.35. The van der Waals surface area contributed by atoms with Crippen molar-refractivity contribution in [2.75, 3.05) is 31.6 Å². The third kappa shape index (κ3) is 2.97. The minimum Gasteiger partial charge on any atom is -0.380 e. The molecule has 1 aromatic carbocycles. The SMILES string of the molecule is COC1CCCN(c2cccc(Cl)c2CCN)C1. The van der Waals surface area contributed by atoms with Crippen molar-refractivity contribution in [1.82, 2.24) is 0 Å². The molecule has 0 spiro atoms. The van der Waals surface area contributed by atoms with E-state index in [2.05, 4.69) is 11.0 Å². The third-order valence-corrected chi connectivity index (χ3v) is 3.89. The lowest BCUT2D eigenvalue weighted by Crippen LogP contribution is -2.39. The molecular weight excluding hydrogens is 248 g/mol. The summed E-state index contributed by atoms with van der Waals surface area (Å²) in [6.07, 6.45) is 3.44. The number of ether oxygens (including phenoxy) is 1. The van der Waals surface area contributed by atoms with Crippen molar-refractivity contribution in [3.8, 4) is 0 Å². The van der Waals surface area contributed by atoms with E-state index in [0.717, 1.165) is 37.4 Å². The lowest BCUT2D eigenvalue weighted by atomic mass is 10.0. The first-order valence-electron chi connectivity index (χ1n) is 6.51. The smallest absolute Gasteiger partial charge is 0.0746 e. The zero-order chi connectivity index (χ0) is 13.0. The summed E-state index contributed by atoms with van der Waals surface area (Å²) in [5, 5.41) is 0.817. The van der Waals surface area contributed by atoms with Crippen LogP contribution in [0.15, 0.2) is 18.2 Å². The predicted molar refractivity (Wildman–Crippen MR) is 76.5 cm³/mol. The van der Waals surface area contributed by atoms with E-state index >= 15 is 0 Å². The van der Waals surface area contributed by atoms with Gasteiger partial charge < -0.3 is 15.4 Å². The largest absolute Gasteiger partial charge is 0.380 e. The topological polar surface area (TPSA) is 38.5 Å². The summed E-state index contributed by atoms with van der Waals surface area (Å²) in [6, 6.07) is 6.08. The number of methoxy groups -OCH3 is 1. The summed E-state index contributed by atoms with van der Waals surface area (Å²) in [5.74, 6) is 0. The molecule has 1 aliphatic rings. The number of hydrogen-bond acceptors (Lipinski definition) is 3. The highest BCUT2D eigenvalue weighted by atomic mass is 35.5. The van der Waals surface area contributed by atoms with E-state index in [1.165, 1.54) is 11.3 Å². The summed E-state index contributed by atoms with van der Waals surface area (Å²) in [7, 11) is 1.78. The Morgan fingerprint density at radius 1 is 1.50 bits per heavy atom. The molecule has 1 heterocycles. The molecular formula is C14H21ClN2O. The van der Waals surface area contributed by atoms with Gasteiger partial charge in [0.15, 0.2) is 0 Å². The van der Waals surface area contributed by atoms with E-state index in [1.54, 1.807) is 7.11 Å². The van der Waals surface area contributed by atoms with Gasteiger partial charge in [-0.3, -0.25) is 0 Å². The maximum Gasteiger partial charge on any atom is 0.0746 e. The monoisotopic (exact) mass is 268 g/mol. The van der Waals surface area contributed by atoms with Crippen molar-refractivity contribution in [2.24, 2.45) is 5.73 Å². The Morgan fingerprint density at radius 3 is 3.06 bits per heavy atom. The number of nitrogens with two attached hydrogens (primary N) is 1. The summed E-state index contributed by atoms with van der Waals surface area (Å²) >= 11 is 6.28. The van der Waals surface area contributed by atoms with Crippen molar-refractivity contribution < 1.29 is 4.74 Å². The van der Waals surface area contributed by atoms with Gasteiger partial charge in [0.2, 0.25) is 0 Å². The fraction of sp³-hybridized carbons (Fsp3) is 0.571. The van der Waals surface area contributed by atoms with Crippen molar-refractivity contribution in [3.63, 3.8) is 0 Å². The maximum atomic E-state index is 6.28. The standard InChI is InChI=1S/C14H21ClN2O/c1-18-11-4-3-9-17(10-11)14-6-2-5-13(15)12(14)7-8-16/h2,5-6,11H,3-4,7-10,16H2,1H3. The van der Waals surface area contributed by atoms with Crippen LogP contribution in [-0.4, -0.2) is 32.8 Å². The Kier molecular flexibility index (Phi) is 4.87. The van der Waals surface area contributed by atoms with Gasteiger partial charge in [0.25, 0.3) is 0 Å². The van der Waals surface area contributed by atoms with Gasteiger partial charge in [-0.2, -0.15) is 0 Å². The highest BCUT2D eigenvalue weighted by Crippen LogP contribution is 2.30. The average Bonchev–Trinajstić information content (AvgIpc) is 2.41. The molecule has 0 amide bonds. The Balaban J connectivity index is 2.23. The molecule has 3 nitrogen and oxygen atoms in total. The van der Waals surface area contributed by atoms with Crippen LogP contribution in [0.5, 0.6) is 0 Å². The maximum absolute atomic E-state index is 6.28. The van der Waals surface area contributed by atoms with Crippen LogP contribution in [0.1, 0.15) is 18.4 Å². The van der Waals surface area contributed by atoms with Crippen molar-refractivity contribution in [3.05, 3.63) is 28.8 Å². The molecule has 100 valence electrons. The van der Waals surface area contributed by atoms with Gasteiger partial charge in [0.1, 0.15) is 0 Å². The molecule has 1 fully saturated rings. The minimum atomic E-state index is 0.323. The van der Waals surface area contributed by atoms with E-state index in [9.17, 15) is 0 Å². The molecule has 1 unspecified atom stereocenters. The van der Waals surface area contributed by atoms with Gasteiger partial charge >= 0.3 is 0 Å². The number of hydrogen-bond donors (Lipinski definition) is 1. The molecule has 0 radical (unpaired) electrons. The molecule has 0 saturated carbocycles. The van der Waals surface area contributed by atoms with Gasteiger partial charge in [-0.15, -0.1) is 0 Å². The fourth-order valence-electron chi connectivity index (χ4n) is 2.58. The Bertz CT molecular complexity index is 397. The van der Waals surface area contributed by atoms with Crippen molar-refractivity contribution in [1.29, 1.82) is 0 Å². The van der Waals surface area contributed by atoms with Crippen LogP contribution in [0.2, 0.25) is 5.02 Å². The number of piperidine rings is 1. The summed E-state index contributed by atoms with van der Waals surface area (Å²) in [5.41, 5.74) is 8.06. The van der Waals surface area contributed by atoms with E-state index in [-0.39, 0.29) is 0 Å². The van der Waals surface area contributed by atoms with Crippen molar-refractivity contribution in [2.45, 2.75) is 25.4 Å². The summed E-state index contributed by atoms with van der Waals surface area (Å²) < 4.78 is 5.47. The first kappa shape index (κ1) is 13.7. The fourth-order valence-corrected chi connectivity index (χ4v) is 2.85. The van der Waals surface area contributed by atoms with Crippen LogP contribution in [0.25, 0.3) is 0 Å². The Hall–Kier alpha value is -0.770. The third-order valence-electron chi connectivity index (χ3n) is 3.54. The second-order valence-electron chi connectivity index (χ2n) is 4.72. The zero-order valence-corrected chi connectivity index (χ0v) is 11.6. The normalized spacial score (nSPS) is 20.2.